The van der Waals surface area contributed by atoms with Crippen LogP contribution >= 0.6 is 0 Å². The van der Waals surface area contributed by atoms with Gasteiger partial charge in [0.25, 0.3) is 6.43 Å². The highest BCUT2D eigenvalue weighted by molar-refractivity contribution is 5.90. The zero-order chi connectivity index (χ0) is 15.7. The molecule has 0 aliphatic carbocycles. The average molecular weight is 302 g/mol. The van der Waals surface area contributed by atoms with Gasteiger partial charge in [0.15, 0.2) is 0 Å². The number of alkyl halides is 5. The highest BCUT2D eigenvalue weighted by atomic mass is 19.4. The summed E-state index contributed by atoms with van der Waals surface area (Å²) in [6.07, 6.45) is -9.00. The minimum absolute atomic E-state index is 0.0256. The number of hydrogen-bond donors (Lipinski definition) is 1. The van der Waals surface area contributed by atoms with E-state index in [1.165, 1.54) is 0 Å². The molecule has 0 radical (unpaired) electrons. The fourth-order valence-corrected chi connectivity index (χ4v) is 1.15. The molecule has 12 heteroatoms. The predicted molar refractivity (Wildman–Crippen MR) is 49.5 cm³/mol. The number of nitrogens with zero attached hydrogens (tertiary/aromatic N) is 2. The van der Waals surface area contributed by atoms with Crippen LogP contribution in [0.5, 0.6) is 5.88 Å². The van der Waals surface area contributed by atoms with Crippen molar-refractivity contribution in [1.82, 2.24) is 4.98 Å². The van der Waals surface area contributed by atoms with Crippen LogP contribution in [0.2, 0.25) is 0 Å². The van der Waals surface area contributed by atoms with Crippen molar-refractivity contribution in [2.24, 2.45) is 0 Å². The Morgan fingerprint density at radius 1 is 1.45 bits per heavy atom. The molecule has 0 aliphatic rings. The van der Waals surface area contributed by atoms with E-state index in [0.29, 0.717) is 0 Å². The smallest absolute Gasteiger partial charge is 0.476 e. The molecule has 0 saturated heterocycles. The molecule has 7 nitrogen and oxygen atoms in total. The molecule has 0 bridgehead atoms. The van der Waals surface area contributed by atoms with Gasteiger partial charge in [-0.25, -0.2) is 13.6 Å². The highest BCUT2D eigenvalue weighted by Gasteiger charge is 2.37. The van der Waals surface area contributed by atoms with Crippen molar-refractivity contribution < 1.29 is 41.5 Å². The Balaban J connectivity index is 3.53. The number of carboxylic acids is 1. The van der Waals surface area contributed by atoms with Gasteiger partial charge < -0.3 is 9.84 Å². The van der Waals surface area contributed by atoms with E-state index in [1.807, 2.05) is 0 Å². The first kappa shape index (κ1) is 15.5. The lowest BCUT2D eigenvalue weighted by Gasteiger charge is -2.12. The van der Waals surface area contributed by atoms with Crippen LogP contribution in [0.1, 0.15) is 22.5 Å². The third-order valence-corrected chi connectivity index (χ3v) is 1.84. The average Bonchev–Trinajstić information content (AvgIpc) is 2.25. The summed E-state index contributed by atoms with van der Waals surface area (Å²) in [4.78, 5) is 22.4. The van der Waals surface area contributed by atoms with Gasteiger partial charge in [0.2, 0.25) is 11.6 Å². The topological polar surface area (TPSA) is 103 Å². The zero-order valence-electron chi connectivity index (χ0n) is 9.02. The fourth-order valence-electron chi connectivity index (χ4n) is 1.15. The van der Waals surface area contributed by atoms with Gasteiger partial charge in [-0.2, -0.15) is 4.98 Å². The van der Waals surface area contributed by atoms with E-state index in [1.54, 1.807) is 0 Å². The molecule has 1 heterocycles. The SMILES string of the molecule is O=C(O)c1nc(OC(F)(F)F)c(C(F)F)cc1[N+](=O)[O-]. The molecular weight excluding hydrogens is 299 g/mol. The summed E-state index contributed by atoms with van der Waals surface area (Å²) in [7, 11) is 0. The van der Waals surface area contributed by atoms with Gasteiger partial charge in [-0.15, -0.1) is 13.2 Å². The van der Waals surface area contributed by atoms with Crippen LogP contribution in [0.4, 0.5) is 27.6 Å². The molecule has 0 aliphatic heterocycles. The Labute approximate surface area is 105 Å². The second kappa shape index (κ2) is 5.22. The van der Waals surface area contributed by atoms with Crippen LogP contribution in [0, 0.1) is 10.1 Å². The standard InChI is InChI=1S/C8H3F5N2O5/c9-5(10)2-1-3(15(18)19)4(7(16)17)14-6(2)20-8(11,12)13/h1,5H,(H,16,17). The molecule has 0 atom stereocenters. The molecule has 0 spiro atoms. The third-order valence-electron chi connectivity index (χ3n) is 1.84. The number of halogens is 5. The molecule has 0 fully saturated rings. The van der Waals surface area contributed by atoms with E-state index in [0.717, 1.165) is 0 Å². The van der Waals surface area contributed by atoms with Gasteiger partial charge in [-0.3, -0.25) is 10.1 Å². The zero-order valence-corrected chi connectivity index (χ0v) is 9.02. The molecule has 1 aromatic heterocycles. The summed E-state index contributed by atoms with van der Waals surface area (Å²) in [6.45, 7) is 0. The van der Waals surface area contributed by atoms with E-state index >= 15 is 0 Å². The molecule has 0 saturated carbocycles. The Hall–Kier alpha value is -2.53. The van der Waals surface area contributed by atoms with Crippen molar-refractivity contribution in [3.63, 3.8) is 0 Å². The minimum atomic E-state index is -5.41. The summed E-state index contributed by atoms with van der Waals surface area (Å²) >= 11 is 0. The number of nitro groups is 1. The summed E-state index contributed by atoms with van der Waals surface area (Å²) in [5, 5.41) is 19.1. The first-order valence-electron chi connectivity index (χ1n) is 4.49. The molecule has 1 N–H and O–H groups in total. The van der Waals surface area contributed by atoms with E-state index in [-0.39, 0.29) is 6.07 Å². The Morgan fingerprint density at radius 3 is 2.35 bits per heavy atom. The Kier molecular flexibility index (Phi) is 4.06. The second-order valence-electron chi connectivity index (χ2n) is 3.16. The van der Waals surface area contributed by atoms with Gasteiger partial charge in [-0.1, -0.05) is 0 Å². The third kappa shape index (κ3) is 3.49. The van der Waals surface area contributed by atoms with E-state index in [2.05, 4.69) is 9.72 Å². The van der Waals surface area contributed by atoms with Crippen LogP contribution < -0.4 is 4.74 Å². The lowest BCUT2D eigenvalue weighted by atomic mass is 10.2. The van der Waals surface area contributed by atoms with E-state index in [4.69, 9.17) is 5.11 Å². The van der Waals surface area contributed by atoms with Crippen LogP contribution in [-0.4, -0.2) is 27.3 Å². The van der Waals surface area contributed by atoms with Gasteiger partial charge in [0, 0.05) is 6.07 Å². The number of rotatable bonds is 4. The van der Waals surface area contributed by atoms with Crippen molar-refractivity contribution >= 4 is 11.7 Å². The maximum Gasteiger partial charge on any atom is 0.574 e. The van der Waals surface area contributed by atoms with Crippen LogP contribution in [0.15, 0.2) is 6.07 Å². The molecule has 20 heavy (non-hydrogen) atoms. The first-order valence-corrected chi connectivity index (χ1v) is 4.49. The lowest BCUT2D eigenvalue weighted by molar-refractivity contribution is -0.385. The van der Waals surface area contributed by atoms with Crippen LogP contribution in [-0.2, 0) is 0 Å². The molecule has 0 unspecified atom stereocenters. The summed E-state index contributed by atoms with van der Waals surface area (Å²) in [6, 6.07) is -0.0256. The first-order chi connectivity index (χ1) is 9.03. The Morgan fingerprint density at radius 2 is 2.00 bits per heavy atom. The fraction of sp³-hybridized carbons (Fsp3) is 0.250. The summed E-state index contributed by atoms with van der Waals surface area (Å²) < 4.78 is 64.2. The molecule has 1 aromatic rings. The van der Waals surface area contributed by atoms with E-state index < -0.39 is 46.5 Å². The number of hydrogen-bond acceptors (Lipinski definition) is 5. The second-order valence-corrected chi connectivity index (χ2v) is 3.16. The maximum atomic E-state index is 12.5. The van der Waals surface area contributed by atoms with Crippen molar-refractivity contribution in [1.29, 1.82) is 0 Å². The number of pyridine rings is 1. The van der Waals surface area contributed by atoms with Crippen molar-refractivity contribution in [3.05, 3.63) is 27.4 Å². The van der Waals surface area contributed by atoms with Crippen LogP contribution in [0.3, 0.4) is 0 Å². The van der Waals surface area contributed by atoms with E-state index in [9.17, 15) is 36.9 Å². The number of carboxylic acid groups (broad SMARTS) is 1. The van der Waals surface area contributed by atoms with Gasteiger partial charge >= 0.3 is 18.0 Å². The van der Waals surface area contributed by atoms with Gasteiger partial charge in [-0.05, 0) is 0 Å². The molecule has 110 valence electrons. The van der Waals surface area contributed by atoms with Crippen molar-refractivity contribution in [2.75, 3.05) is 0 Å². The van der Waals surface area contributed by atoms with Crippen molar-refractivity contribution in [3.8, 4) is 5.88 Å². The highest BCUT2D eigenvalue weighted by Crippen LogP contribution is 2.35. The molecule has 1 rings (SSSR count). The molecule has 0 aromatic carbocycles. The van der Waals surface area contributed by atoms with Gasteiger partial charge in [0.1, 0.15) is 0 Å². The number of ether oxygens (including phenoxy) is 1. The lowest BCUT2D eigenvalue weighted by Crippen LogP contribution is -2.20. The Bertz CT molecular complexity index is 559. The van der Waals surface area contributed by atoms with Crippen molar-refractivity contribution in [2.45, 2.75) is 12.8 Å². The number of carbonyl (C=O) groups is 1. The van der Waals surface area contributed by atoms with Crippen LogP contribution in [0.25, 0.3) is 0 Å². The maximum absolute atomic E-state index is 12.5. The molecular formula is C8H3F5N2O5. The normalized spacial score (nSPS) is 11.5. The number of aromatic nitrogens is 1. The monoisotopic (exact) mass is 302 g/mol. The molecule has 0 amide bonds. The quantitative estimate of drug-likeness (QED) is 0.521. The summed E-state index contributed by atoms with van der Waals surface area (Å²) in [5.41, 5.74) is -4.36. The van der Waals surface area contributed by atoms with Gasteiger partial charge in [0.05, 0.1) is 10.5 Å². The number of aromatic carboxylic acids is 1. The largest absolute Gasteiger partial charge is 0.574 e. The predicted octanol–water partition coefficient (Wildman–Crippen LogP) is 2.52. The summed E-state index contributed by atoms with van der Waals surface area (Å²) in [5.74, 6) is -3.82. The minimum Gasteiger partial charge on any atom is -0.476 e.